The van der Waals surface area contributed by atoms with Crippen molar-refractivity contribution in [2.45, 2.75) is 26.2 Å². The Morgan fingerprint density at radius 2 is 1.88 bits per heavy atom. The highest BCUT2D eigenvalue weighted by atomic mass is 16.5. The van der Waals surface area contributed by atoms with Gasteiger partial charge in [0, 0.05) is 5.56 Å². The first-order valence-corrected chi connectivity index (χ1v) is 8.13. The third kappa shape index (κ3) is 3.60. The van der Waals surface area contributed by atoms with Gasteiger partial charge in [0.05, 0.1) is 0 Å². The lowest BCUT2D eigenvalue weighted by Crippen LogP contribution is -2.08. The van der Waals surface area contributed by atoms with E-state index in [0.717, 1.165) is 11.1 Å². The highest BCUT2D eigenvalue weighted by Crippen LogP contribution is 2.37. The van der Waals surface area contributed by atoms with Gasteiger partial charge < -0.3 is 20.1 Å². The van der Waals surface area contributed by atoms with Crippen molar-refractivity contribution in [3.63, 3.8) is 0 Å². The molecule has 0 spiro atoms. The van der Waals surface area contributed by atoms with Crippen LogP contribution >= 0.6 is 0 Å². The number of carbonyl (C=O) groups is 1. The summed E-state index contributed by atoms with van der Waals surface area (Å²) < 4.78 is 5.73. The molecule has 1 heterocycles. The van der Waals surface area contributed by atoms with Crippen LogP contribution in [-0.2, 0) is 19.3 Å². The van der Waals surface area contributed by atoms with Crippen LogP contribution in [0.5, 0.6) is 17.2 Å². The zero-order chi connectivity index (χ0) is 18.0. The van der Waals surface area contributed by atoms with Gasteiger partial charge in [-0.2, -0.15) is 0 Å². The average Bonchev–Trinajstić information content (AvgIpc) is 2.76. The largest absolute Gasteiger partial charge is 0.508 e. The molecule has 0 fully saturated rings. The molecule has 0 saturated heterocycles. The van der Waals surface area contributed by atoms with E-state index in [2.05, 4.69) is 0 Å². The van der Waals surface area contributed by atoms with Gasteiger partial charge in [0.25, 0.3) is 0 Å². The fourth-order valence-corrected chi connectivity index (χ4v) is 2.97. The lowest BCUT2D eigenvalue weighted by molar-refractivity contribution is 0.0692. The zero-order valence-corrected chi connectivity index (χ0v) is 14.0. The van der Waals surface area contributed by atoms with Crippen molar-refractivity contribution in [2.24, 2.45) is 0 Å². The summed E-state index contributed by atoms with van der Waals surface area (Å²) in [5, 5.41) is 29.4. The highest BCUT2D eigenvalue weighted by molar-refractivity contribution is 5.93. The molecule has 0 aliphatic carbocycles. The maximum absolute atomic E-state index is 11.7. The Bertz CT molecular complexity index is 834. The second-order valence-electron chi connectivity index (χ2n) is 6.25. The number of aromatic hydroxyl groups is 2. The van der Waals surface area contributed by atoms with E-state index in [-0.39, 0.29) is 17.1 Å². The molecule has 0 aromatic heterocycles. The van der Waals surface area contributed by atoms with Crippen LogP contribution in [0.2, 0.25) is 0 Å². The Hall–Kier alpha value is -2.95. The van der Waals surface area contributed by atoms with Crippen molar-refractivity contribution in [3.8, 4) is 17.2 Å². The standard InChI is InChI=1S/C20H20O5/c1-12-2-9-16-17(25-11-12)10-14(18(19(16)22)20(23)24)6-3-13-4-7-15(21)8-5-13/h2,4-5,7-8,10,21-22H,3,6,9,11H2,1H3,(H,23,24). The lowest BCUT2D eigenvalue weighted by Gasteiger charge is -2.15. The van der Waals surface area contributed by atoms with Gasteiger partial charge in [-0.3, -0.25) is 0 Å². The van der Waals surface area contributed by atoms with E-state index in [1.165, 1.54) is 0 Å². The van der Waals surface area contributed by atoms with Crippen LogP contribution in [0.15, 0.2) is 42.0 Å². The molecular formula is C20H20O5. The number of phenolic OH excluding ortho intramolecular Hbond substituents is 1. The van der Waals surface area contributed by atoms with Crippen molar-refractivity contribution in [3.05, 3.63) is 64.2 Å². The third-order valence-corrected chi connectivity index (χ3v) is 4.39. The van der Waals surface area contributed by atoms with Crippen LogP contribution < -0.4 is 4.74 Å². The molecule has 2 aromatic carbocycles. The number of ether oxygens (including phenoxy) is 1. The summed E-state index contributed by atoms with van der Waals surface area (Å²) in [6.07, 6.45) is 3.43. The number of rotatable bonds is 4. The first-order chi connectivity index (χ1) is 12.0. The molecule has 0 saturated carbocycles. The Morgan fingerprint density at radius 3 is 2.56 bits per heavy atom. The minimum Gasteiger partial charge on any atom is -0.508 e. The van der Waals surface area contributed by atoms with E-state index in [1.807, 2.05) is 13.0 Å². The van der Waals surface area contributed by atoms with Gasteiger partial charge in [0.2, 0.25) is 0 Å². The number of hydrogen-bond donors (Lipinski definition) is 3. The predicted octanol–water partition coefficient (Wildman–Crippen LogP) is 3.46. The van der Waals surface area contributed by atoms with Crippen LogP contribution in [0, 0.1) is 0 Å². The Morgan fingerprint density at radius 1 is 1.16 bits per heavy atom. The molecule has 5 nitrogen and oxygen atoms in total. The summed E-state index contributed by atoms with van der Waals surface area (Å²) in [6.45, 7) is 2.36. The monoisotopic (exact) mass is 340 g/mol. The Balaban J connectivity index is 1.94. The molecule has 0 unspecified atom stereocenters. The van der Waals surface area contributed by atoms with Gasteiger partial charge in [0.1, 0.15) is 29.4 Å². The second kappa shape index (κ2) is 6.89. The molecule has 5 heteroatoms. The van der Waals surface area contributed by atoms with Crippen LogP contribution in [0.25, 0.3) is 0 Å². The summed E-state index contributed by atoms with van der Waals surface area (Å²) in [5.74, 6) is -0.632. The van der Waals surface area contributed by atoms with Crippen LogP contribution in [0.3, 0.4) is 0 Å². The molecular weight excluding hydrogens is 320 g/mol. The summed E-state index contributed by atoms with van der Waals surface area (Å²) in [4.78, 5) is 11.7. The SMILES string of the molecule is CC1=CCc2c(cc(CCc3ccc(O)cc3)c(C(=O)O)c2O)OC1. The molecule has 0 amide bonds. The van der Waals surface area contributed by atoms with Crippen molar-refractivity contribution in [2.75, 3.05) is 6.61 Å². The van der Waals surface area contributed by atoms with Gasteiger partial charge in [-0.15, -0.1) is 0 Å². The molecule has 1 aliphatic rings. The van der Waals surface area contributed by atoms with Gasteiger partial charge in [-0.25, -0.2) is 4.79 Å². The summed E-state index contributed by atoms with van der Waals surface area (Å²) in [7, 11) is 0. The van der Waals surface area contributed by atoms with Crippen LogP contribution in [0.4, 0.5) is 0 Å². The molecule has 3 N–H and O–H groups in total. The van der Waals surface area contributed by atoms with E-state index < -0.39 is 5.97 Å². The van der Waals surface area contributed by atoms with Gasteiger partial charge in [0.15, 0.2) is 0 Å². The fourth-order valence-electron chi connectivity index (χ4n) is 2.97. The van der Waals surface area contributed by atoms with E-state index >= 15 is 0 Å². The number of carboxylic acids is 1. The highest BCUT2D eigenvalue weighted by Gasteiger charge is 2.23. The summed E-state index contributed by atoms with van der Waals surface area (Å²) >= 11 is 0. The van der Waals surface area contributed by atoms with Crippen molar-refractivity contribution < 1.29 is 24.9 Å². The quantitative estimate of drug-likeness (QED) is 0.742. The second-order valence-corrected chi connectivity index (χ2v) is 6.25. The zero-order valence-electron chi connectivity index (χ0n) is 14.0. The van der Waals surface area contributed by atoms with Crippen molar-refractivity contribution in [1.29, 1.82) is 0 Å². The van der Waals surface area contributed by atoms with E-state index in [9.17, 15) is 20.1 Å². The molecule has 130 valence electrons. The Kier molecular flexibility index (Phi) is 4.65. The number of aromatic carboxylic acids is 1. The number of fused-ring (bicyclic) bond motifs is 1. The number of allylic oxidation sites excluding steroid dienone is 1. The number of carboxylic acid groups (broad SMARTS) is 1. The molecule has 0 bridgehead atoms. The van der Waals surface area contributed by atoms with Crippen LogP contribution in [0.1, 0.15) is 34.0 Å². The molecule has 3 rings (SSSR count). The number of benzene rings is 2. The number of aryl methyl sites for hydroxylation is 2. The smallest absolute Gasteiger partial charge is 0.339 e. The molecule has 25 heavy (non-hydrogen) atoms. The van der Waals surface area contributed by atoms with E-state index in [0.29, 0.717) is 42.7 Å². The van der Waals surface area contributed by atoms with Gasteiger partial charge >= 0.3 is 5.97 Å². The first-order valence-electron chi connectivity index (χ1n) is 8.13. The first kappa shape index (κ1) is 16.9. The molecule has 2 aromatic rings. The summed E-state index contributed by atoms with van der Waals surface area (Å²) in [6, 6.07) is 8.51. The Labute approximate surface area is 145 Å². The van der Waals surface area contributed by atoms with Gasteiger partial charge in [-0.05, 0) is 61.1 Å². The van der Waals surface area contributed by atoms with E-state index in [4.69, 9.17) is 4.74 Å². The predicted molar refractivity (Wildman–Crippen MR) is 93.5 cm³/mol. The maximum Gasteiger partial charge on any atom is 0.339 e. The fraction of sp³-hybridized carbons (Fsp3) is 0.250. The van der Waals surface area contributed by atoms with Crippen molar-refractivity contribution in [1.82, 2.24) is 0 Å². The molecule has 0 radical (unpaired) electrons. The minimum absolute atomic E-state index is 0.0610. The van der Waals surface area contributed by atoms with Gasteiger partial charge in [-0.1, -0.05) is 18.2 Å². The molecule has 0 atom stereocenters. The third-order valence-electron chi connectivity index (χ3n) is 4.39. The van der Waals surface area contributed by atoms with E-state index in [1.54, 1.807) is 30.3 Å². The maximum atomic E-state index is 11.7. The number of hydrogen-bond acceptors (Lipinski definition) is 4. The average molecular weight is 340 g/mol. The summed E-state index contributed by atoms with van der Waals surface area (Å²) in [5.41, 5.74) is 3.01. The normalized spacial score (nSPS) is 13.4. The van der Waals surface area contributed by atoms with Crippen molar-refractivity contribution >= 4 is 5.97 Å². The topological polar surface area (TPSA) is 87.0 Å². The number of phenols is 2. The lowest BCUT2D eigenvalue weighted by atomic mass is 9.94. The molecule has 1 aliphatic heterocycles. The van der Waals surface area contributed by atoms with Crippen LogP contribution in [-0.4, -0.2) is 27.9 Å². The minimum atomic E-state index is -1.15.